The molecule has 0 bridgehead atoms. The van der Waals surface area contributed by atoms with Crippen LogP contribution in [0.1, 0.15) is 78.1 Å². The van der Waals surface area contributed by atoms with E-state index in [1.165, 1.54) is 25.7 Å². The first-order chi connectivity index (χ1) is 10.7. The monoisotopic (exact) mass is 311 g/mol. The first-order valence-corrected chi connectivity index (χ1v) is 8.78. The number of nitrogens with one attached hydrogen (secondary N) is 1. The summed E-state index contributed by atoms with van der Waals surface area (Å²) in [5.41, 5.74) is 0. The summed E-state index contributed by atoms with van der Waals surface area (Å²) in [4.78, 5) is 23.0. The fourth-order valence-corrected chi connectivity index (χ4v) is 2.03. The van der Waals surface area contributed by atoms with Crippen molar-refractivity contribution in [2.75, 3.05) is 13.2 Å². The molecule has 0 aliphatic rings. The summed E-state index contributed by atoms with van der Waals surface area (Å²) in [5, 5.41) is 2.86. The zero-order chi connectivity index (χ0) is 16.5. The first-order valence-electron chi connectivity index (χ1n) is 8.78. The molecule has 0 radical (unpaired) electrons. The van der Waals surface area contributed by atoms with Crippen LogP contribution in [0.5, 0.6) is 0 Å². The van der Waals surface area contributed by atoms with Gasteiger partial charge >= 0.3 is 5.97 Å². The molecule has 128 valence electrons. The molecule has 4 nitrogen and oxygen atoms in total. The lowest BCUT2D eigenvalue weighted by atomic mass is 10.1. The summed E-state index contributed by atoms with van der Waals surface area (Å²) in [7, 11) is 0. The maximum atomic E-state index is 11.6. The van der Waals surface area contributed by atoms with Crippen LogP contribution in [0.15, 0.2) is 12.2 Å². The second kappa shape index (κ2) is 16.1. The fourth-order valence-electron chi connectivity index (χ4n) is 2.03. The van der Waals surface area contributed by atoms with Gasteiger partial charge in [-0.3, -0.25) is 9.59 Å². The van der Waals surface area contributed by atoms with Crippen LogP contribution in [0.25, 0.3) is 0 Å². The van der Waals surface area contributed by atoms with Gasteiger partial charge in [0.2, 0.25) is 5.91 Å². The van der Waals surface area contributed by atoms with E-state index in [0.717, 1.165) is 25.7 Å². The van der Waals surface area contributed by atoms with Crippen LogP contribution in [0.3, 0.4) is 0 Å². The molecule has 0 rings (SSSR count). The Bertz CT molecular complexity index is 313. The van der Waals surface area contributed by atoms with Crippen LogP contribution in [0, 0.1) is 0 Å². The second-order valence-corrected chi connectivity index (χ2v) is 5.51. The number of ether oxygens (including phenoxy) is 1. The third-order valence-corrected chi connectivity index (χ3v) is 3.36. The predicted octanol–water partition coefficient (Wildman–Crippen LogP) is 4.14. The molecule has 1 N–H and O–H groups in total. The van der Waals surface area contributed by atoms with Crippen molar-refractivity contribution in [1.29, 1.82) is 0 Å². The number of amides is 1. The highest BCUT2D eigenvalue weighted by molar-refractivity contribution is 5.81. The minimum absolute atomic E-state index is 0.0589. The highest BCUT2D eigenvalue weighted by Crippen LogP contribution is 2.04. The van der Waals surface area contributed by atoms with Crippen molar-refractivity contribution in [2.24, 2.45) is 0 Å². The first kappa shape index (κ1) is 20.7. The SMILES string of the molecule is CC/C=C\CCOC(=O)CCC(=O)NCCCCCCCC. The lowest BCUT2D eigenvalue weighted by Crippen LogP contribution is -2.25. The number of hydrogen-bond acceptors (Lipinski definition) is 3. The number of rotatable bonds is 14. The van der Waals surface area contributed by atoms with Gasteiger partial charge in [-0.2, -0.15) is 0 Å². The van der Waals surface area contributed by atoms with Gasteiger partial charge in [-0.1, -0.05) is 58.1 Å². The topological polar surface area (TPSA) is 55.4 Å². The van der Waals surface area contributed by atoms with Crippen LogP contribution in [0.4, 0.5) is 0 Å². The highest BCUT2D eigenvalue weighted by Gasteiger charge is 2.07. The summed E-state index contributed by atoms with van der Waals surface area (Å²) in [5.74, 6) is -0.351. The van der Waals surface area contributed by atoms with E-state index < -0.39 is 0 Å². The smallest absolute Gasteiger partial charge is 0.306 e. The Balaban J connectivity index is 3.40. The molecular weight excluding hydrogens is 278 g/mol. The Labute approximate surface area is 135 Å². The van der Waals surface area contributed by atoms with Gasteiger partial charge < -0.3 is 10.1 Å². The van der Waals surface area contributed by atoms with E-state index in [0.29, 0.717) is 13.2 Å². The molecule has 22 heavy (non-hydrogen) atoms. The molecular formula is C18H33NO3. The summed E-state index contributed by atoms with van der Waals surface area (Å²) in [6, 6.07) is 0. The quantitative estimate of drug-likeness (QED) is 0.298. The lowest BCUT2D eigenvalue weighted by Gasteiger charge is -2.05. The molecule has 0 atom stereocenters. The van der Waals surface area contributed by atoms with Crippen LogP contribution >= 0.6 is 0 Å². The van der Waals surface area contributed by atoms with Crippen LogP contribution in [-0.2, 0) is 14.3 Å². The van der Waals surface area contributed by atoms with E-state index in [1.807, 2.05) is 12.2 Å². The molecule has 0 aromatic carbocycles. The summed E-state index contributed by atoms with van der Waals surface area (Å²) >= 11 is 0. The number of allylic oxidation sites excluding steroid dienone is 1. The third-order valence-electron chi connectivity index (χ3n) is 3.36. The zero-order valence-electron chi connectivity index (χ0n) is 14.4. The van der Waals surface area contributed by atoms with Crippen molar-refractivity contribution in [1.82, 2.24) is 5.32 Å². The van der Waals surface area contributed by atoms with E-state index >= 15 is 0 Å². The Morgan fingerprint density at radius 2 is 1.68 bits per heavy atom. The molecule has 1 amide bonds. The minimum atomic E-state index is -0.292. The average molecular weight is 311 g/mol. The molecule has 0 aliphatic heterocycles. The van der Waals surface area contributed by atoms with Gasteiger partial charge in [-0.05, 0) is 19.3 Å². The number of esters is 1. The zero-order valence-corrected chi connectivity index (χ0v) is 14.4. The van der Waals surface area contributed by atoms with E-state index in [4.69, 9.17) is 4.74 Å². The third kappa shape index (κ3) is 15.1. The van der Waals surface area contributed by atoms with Gasteiger partial charge in [0.15, 0.2) is 0 Å². The van der Waals surface area contributed by atoms with Gasteiger partial charge in [0.1, 0.15) is 0 Å². The lowest BCUT2D eigenvalue weighted by molar-refractivity contribution is -0.144. The highest BCUT2D eigenvalue weighted by atomic mass is 16.5. The van der Waals surface area contributed by atoms with Crippen molar-refractivity contribution in [3.05, 3.63) is 12.2 Å². The standard InChI is InChI=1S/C18H33NO3/c1-3-5-7-9-10-11-15-19-17(20)13-14-18(21)22-16-12-8-6-4-2/h6,8H,3-5,7,9-16H2,1-2H3,(H,19,20)/b8-6-. The van der Waals surface area contributed by atoms with Crippen LogP contribution in [0.2, 0.25) is 0 Å². The maximum absolute atomic E-state index is 11.6. The molecule has 0 aliphatic carbocycles. The molecule has 0 saturated heterocycles. The van der Waals surface area contributed by atoms with Gasteiger partial charge in [0.05, 0.1) is 13.0 Å². The molecule has 0 saturated carbocycles. The van der Waals surface area contributed by atoms with E-state index in [-0.39, 0.29) is 24.7 Å². The molecule has 0 spiro atoms. The van der Waals surface area contributed by atoms with Crippen molar-refractivity contribution in [3.8, 4) is 0 Å². The Morgan fingerprint density at radius 3 is 2.41 bits per heavy atom. The molecule has 0 unspecified atom stereocenters. The molecule has 0 aromatic heterocycles. The largest absolute Gasteiger partial charge is 0.465 e. The van der Waals surface area contributed by atoms with E-state index in [9.17, 15) is 9.59 Å². The number of carbonyl (C=O) groups excluding carboxylic acids is 2. The van der Waals surface area contributed by atoms with Crippen LogP contribution in [-0.4, -0.2) is 25.0 Å². The van der Waals surface area contributed by atoms with E-state index in [2.05, 4.69) is 19.2 Å². The van der Waals surface area contributed by atoms with Crippen molar-refractivity contribution < 1.29 is 14.3 Å². The average Bonchev–Trinajstić information content (AvgIpc) is 2.52. The Hall–Kier alpha value is -1.32. The number of hydrogen-bond donors (Lipinski definition) is 1. The maximum Gasteiger partial charge on any atom is 0.306 e. The van der Waals surface area contributed by atoms with Crippen molar-refractivity contribution >= 4 is 11.9 Å². The molecule has 0 aromatic rings. The van der Waals surface area contributed by atoms with Crippen LogP contribution < -0.4 is 5.32 Å². The summed E-state index contributed by atoms with van der Waals surface area (Å²) < 4.78 is 5.05. The second-order valence-electron chi connectivity index (χ2n) is 5.51. The Morgan fingerprint density at radius 1 is 0.955 bits per heavy atom. The summed E-state index contributed by atoms with van der Waals surface area (Å²) in [6.07, 6.45) is 13.4. The van der Waals surface area contributed by atoms with Crippen molar-refractivity contribution in [2.45, 2.75) is 78.1 Å². The number of unbranched alkanes of at least 4 members (excludes halogenated alkanes) is 5. The predicted molar refractivity (Wildman–Crippen MR) is 90.6 cm³/mol. The van der Waals surface area contributed by atoms with Gasteiger partial charge in [0, 0.05) is 13.0 Å². The van der Waals surface area contributed by atoms with Gasteiger partial charge in [-0.25, -0.2) is 0 Å². The molecule has 0 fully saturated rings. The molecule has 4 heteroatoms. The van der Waals surface area contributed by atoms with Gasteiger partial charge in [-0.15, -0.1) is 0 Å². The molecule has 0 heterocycles. The summed E-state index contributed by atoms with van der Waals surface area (Å²) in [6.45, 7) is 5.37. The number of carbonyl (C=O) groups is 2. The van der Waals surface area contributed by atoms with Crippen molar-refractivity contribution in [3.63, 3.8) is 0 Å². The fraction of sp³-hybridized carbons (Fsp3) is 0.778. The van der Waals surface area contributed by atoms with E-state index in [1.54, 1.807) is 0 Å². The Kier molecular flexibility index (Phi) is 15.1. The normalized spacial score (nSPS) is 10.8. The van der Waals surface area contributed by atoms with Gasteiger partial charge in [0.25, 0.3) is 0 Å². The minimum Gasteiger partial charge on any atom is -0.465 e.